The summed E-state index contributed by atoms with van der Waals surface area (Å²) in [4.78, 5) is 23.4. The number of carbonyl (C=O) groups is 1. The molecule has 0 radical (unpaired) electrons. The number of nitro groups is 1. The Morgan fingerprint density at radius 1 is 1.17 bits per heavy atom. The lowest BCUT2D eigenvalue weighted by atomic mass is 10.0. The third-order valence-electron chi connectivity index (χ3n) is 4.52. The minimum Gasteiger partial charge on any atom is -0.493 e. The molecule has 0 atom stereocenters. The molecular formula is C22H17N3O4S. The summed E-state index contributed by atoms with van der Waals surface area (Å²) in [5, 5.41) is 17.7. The van der Waals surface area contributed by atoms with Gasteiger partial charge in [-0.3, -0.25) is 14.9 Å². The molecule has 1 N–H and O–H groups in total. The number of hydrogen-bond donors (Lipinski definition) is 1. The lowest BCUT2D eigenvalue weighted by molar-refractivity contribution is -0.384. The van der Waals surface area contributed by atoms with E-state index in [4.69, 9.17) is 4.74 Å². The molecule has 8 heteroatoms. The normalized spacial score (nSPS) is 11.2. The van der Waals surface area contributed by atoms with Gasteiger partial charge in [0.2, 0.25) is 0 Å². The number of nitro benzene ring substituents is 1. The van der Waals surface area contributed by atoms with E-state index in [1.807, 2.05) is 43.3 Å². The first-order valence-corrected chi connectivity index (χ1v) is 10.0. The SMILES string of the molecule is CCOc1ccc2ccccc2c1/C=N\NC(=O)c1cc2cc([N+](=O)[O-])ccc2s1. The molecule has 0 aliphatic rings. The average molecular weight is 419 g/mol. The monoisotopic (exact) mass is 419 g/mol. The standard InChI is InChI=1S/C22H17N3O4S/c1-2-29-19-9-7-14-5-3-4-6-17(14)18(19)13-23-24-22(26)21-12-15-11-16(25(27)28)8-10-20(15)30-21/h3-13H,2H2,1H3,(H,24,26)/b23-13-. The molecule has 1 amide bonds. The van der Waals surface area contributed by atoms with E-state index in [9.17, 15) is 14.9 Å². The Kier molecular flexibility index (Phi) is 5.40. The number of ether oxygens (including phenoxy) is 1. The van der Waals surface area contributed by atoms with E-state index in [1.165, 1.54) is 23.5 Å². The lowest BCUT2D eigenvalue weighted by Gasteiger charge is -2.10. The molecule has 0 saturated carbocycles. The molecule has 0 saturated heterocycles. The second-order valence-corrected chi connectivity index (χ2v) is 7.50. The van der Waals surface area contributed by atoms with Crippen LogP contribution in [-0.4, -0.2) is 23.7 Å². The fourth-order valence-corrected chi connectivity index (χ4v) is 4.09. The van der Waals surface area contributed by atoms with E-state index >= 15 is 0 Å². The number of rotatable bonds is 6. The van der Waals surface area contributed by atoms with Crippen LogP contribution in [0.15, 0.2) is 65.8 Å². The van der Waals surface area contributed by atoms with E-state index in [1.54, 1.807) is 18.3 Å². The zero-order valence-corrected chi connectivity index (χ0v) is 16.8. The van der Waals surface area contributed by atoms with Crippen molar-refractivity contribution in [2.45, 2.75) is 6.92 Å². The molecule has 0 fully saturated rings. The van der Waals surface area contributed by atoms with E-state index in [-0.39, 0.29) is 11.6 Å². The van der Waals surface area contributed by atoms with Crippen molar-refractivity contribution < 1.29 is 14.5 Å². The van der Waals surface area contributed by atoms with Crippen LogP contribution < -0.4 is 10.2 Å². The first-order valence-electron chi connectivity index (χ1n) is 9.22. The highest BCUT2D eigenvalue weighted by atomic mass is 32.1. The number of non-ortho nitro benzene ring substituents is 1. The summed E-state index contributed by atoms with van der Waals surface area (Å²) in [6.45, 7) is 2.42. The lowest BCUT2D eigenvalue weighted by Crippen LogP contribution is -2.16. The van der Waals surface area contributed by atoms with Gasteiger partial charge in [-0.15, -0.1) is 11.3 Å². The van der Waals surface area contributed by atoms with Crippen LogP contribution in [0.25, 0.3) is 20.9 Å². The first kappa shape index (κ1) is 19.5. The maximum atomic E-state index is 12.5. The van der Waals surface area contributed by atoms with Gasteiger partial charge in [-0.05, 0) is 35.9 Å². The van der Waals surface area contributed by atoms with Gasteiger partial charge in [0.15, 0.2) is 0 Å². The Morgan fingerprint density at radius 2 is 2.00 bits per heavy atom. The number of amides is 1. The number of fused-ring (bicyclic) bond motifs is 2. The fourth-order valence-electron chi connectivity index (χ4n) is 3.16. The maximum Gasteiger partial charge on any atom is 0.281 e. The van der Waals surface area contributed by atoms with Gasteiger partial charge in [-0.1, -0.05) is 30.3 Å². The van der Waals surface area contributed by atoms with Gasteiger partial charge in [-0.2, -0.15) is 5.10 Å². The van der Waals surface area contributed by atoms with E-state index in [0.29, 0.717) is 22.6 Å². The fraction of sp³-hybridized carbons (Fsp3) is 0.0909. The van der Waals surface area contributed by atoms with Crippen LogP contribution in [0.2, 0.25) is 0 Å². The minimum absolute atomic E-state index is 0.00955. The number of thiophene rings is 1. The summed E-state index contributed by atoms with van der Waals surface area (Å²) in [7, 11) is 0. The van der Waals surface area contributed by atoms with E-state index in [2.05, 4.69) is 10.5 Å². The number of hydrogen-bond acceptors (Lipinski definition) is 6. The summed E-state index contributed by atoms with van der Waals surface area (Å²) in [5.74, 6) is 0.302. The number of nitrogens with zero attached hydrogens (tertiary/aromatic N) is 2. The molecule has 0 bridgehead atoms. The topological polar surface area (TPSA) is 93.8 Å². The van der Waals surface area contributed by atoms with E-state index in [0.717, 1.165) is 21.0 Å². The van der Waals surface area contributed by atoms with Crippen LogP contribution >= 0.6 is 11.3 Å². The van der Waals surface area contributed by atoms with Crippen LogP contribution in [0, 0.1) is 10.1 Å². The Balaban J connectivity index is 1.59. The van der Waals surface area contributed by atoms with Gasteiger partial charge in [0, 0.05) is 27.8 Å². The van der Waals surface area contributed by atoms with Crippen molar-refractivity contribution in [3.05, 3.63) is 81.2 Å². The minimum atomic E-state index is -0.457. The maximum absolute atomic E-state index is 12.5. The molecule has 4 aromatic rings. The number of benzene rings is 3. The summed E-state index contributed by atoms with van der Waals surface area (Å²) >= 11 is 1.25. The number of hydrazone groups is 1. The molecule has 0 spiro atoms. The predicted molar refractivity (Wildman–Crippen MR) is 119 cm³/mol. The molecule has 150 valence electrons. The van der Waals surface area contributed by atoms with Crippen molar-refractivity contribution in [3.8, 4) is 5.75 Å². The zero-order chi connectivity index (χ0) is 21.1. The van der Waals surface area contributed by atoms with Gasteiger partial charge < -0.3 is 4.74 Å². The molecule has 0 aliphatic heterocycles. The van der Waals surface area contributed by atoms with Crippen LogP contribution in [0.1, 0.15) is 22.2 Å². The highest BCUT2D eigenvalue weighted by molar-refractivity contribution is 7.20. The third-order valence-corrected chi connectivity index (χ3v) is 5.64. The van der Waals surface area contributed by atoms with Crippen molar-refractivity contribution in [3.63, 3.8) is 0 Å². The second-order valence-electron chi connectivity index (χ2n) is 6.42. The molecule has 1 aromatic heterocycles. The highest BCUT2D eigenvalue weighted by Gasteiger charge is 2.13. The molecule has 7 nitrogen and oxygen atoms in total. The van der Waals surface area contributed by atoms with Crippen molar-refractivity contribution in [2.75, 3.05) is 6.61 Å². The Labute approximate surface area is 175 Å². The van der Waals surface area contributed by atoms with Crippen molar-refractivity contribution in [2.24, 2.45) is 5.10 Å². The van der Waals surface area contributed by atoms with Crippen LogP contribution in [0.3, 0.4) is 0 Å². The van der Waals surface area contributed by atoms with E-state index < -0.39 is 4.92 Å². The summed E-state index contributed by atoms with van der Waals surface area (Å²) in [5.41, 5.74) is 3.30. The molecule has 4 rings (SSSR count). The van der Waals surface area contributed by atoms with Crippen molar-refractivity contribution in [1.82, 2.24) is 5.43 Å². The average Bonchev–Trinajstić information content (AvgIpc) is 3.18. The van der Waals surface area contributed by atoms with Crippen molar-refractivity contribution in [1.29, 1.82) is 0 Å². The zero-order valence-electron chi connectivity index (χ0n) is 16.0. The molecule has 30 heavy (non-hydrogen) atoms. The van der Waals surface area contributed by atoms with Crippen LogP contribution in [0.4, 0.5) is 5.69 Å². The molecule has 3 aromatic carbocycles. The smallest absolute Gasteiger partial charge is 0.281 e. The molecule has 1 heterocycles. The summed E-state index contributed by atoms with van der Waals surface area (Å²) in [6, 6.07) is 17.9. The molecule has 0 unspecified atom stereocenters. The summed E-state index contributed by atoms with van der Waals surface area (Å²) < 4.78 is 6.49. The Morgan fingerprint density at radius 3 is 2.80 bits per heavy atom. The molecule has 0 aliphatic carbocycles. The Bertz CT molecular complexity index is 1300. The highest BCUT2D eigenvalue weighted by Crippen LogP contribution is 2.29. The van der Waals surface area contributed by atoms with Gasteiger partial charge >= 0.3 is 0 Å². The van der Waals surface area contributed by atoms with Gasteiger partial charge in [0.05, 0.1) is 22.6 Å². The largest absolute Gasteiger partial charge is 0.493 e. The summed E-state index contributed by atoms with van der Waals surface area (Å²) in [6.07, 6.45) is 1.57. The molecular weight excluding hydrogens is 402 g/mol. The van der Waals surface area contributed by atoms with Gasteiger partial charge in [0.25, 0.3) is 11.6 Å². The first-order chi connectivity index (χ1) is 14.6. The quantitative estimate of drug-likeness (QED) is 0.266. The van der Waals surface area contributed by atoms with Gasteiger partial charge in [-0.25, -0.2) is 5.43 Å². The van der Waals surface area contributed by atoms with Crippen LogP contribution in [0.5, 0.6) is 5.75 Å². The number of carbonyl (C=O) groups excluding carboxylic acids is 1. The van der Waals surface area contributed by atoms with Crippen molar-refractivity contribution >= 4 is 50.0 Å². The van der Waals surface area contributed by atoms with Crippen LogP contribution in [-0.2, 0) is 0 Å². The Hall–Kier alpha value is -3.78. The third kappa shape index (κ3) is 3.85. The van der Waals surface area contributed by atoms with Gasteiger partial charge in [0.1, 0.15) is 5.75 Å². The predicted octanol–water partition coefficient (Wildman–Crippen LogP) is 5.13. The second kappa shape index (κ2) is 8.30. The number of nitrogens with one attached hydrogen (secondary N) is 1.